The highest BCUT2D eigenvalue weighted by atomic mass is 32.2. The fraction of sp³-hybridized carbons (Fsp3) is 0.357. The molecule has 0 aliphatic heterocycles. The quantitative estimate of drug-likeness (QED) is 0.821. The minimum absolute atomic E-state index is 0.154. The third-order valence-electron chi connectivity index (χ3n) is 3.81. The first-order chi connectivity index (χ1) is 10.1. The van der Waals surface area contributed by atoms with Gasteiger partial charge in [-0.3, -0.25) is 14.0 Å². The maximum absolute atomic E-state index is 12.3. The van der Waals surface area contributed by atoms with Crippen molar-refractivity contribution in [1.29, 1.82) is 0 Å². The molecule has 2 aromatic rings. The van der Waals surface area contributed by atoms with Gasteiger partial charge in [0.2, 0.25) is 0 Å². The molecular formula is C14H15N3O3S. The molecule has 6 nitrogen and oxygen atoms in total. The van der Waals surface area contributed by atoms with Crippen molar-refractivity contribution in [3.05, 3.63) is 30.1 Å². The number of hydrogen-bond acceptors (Lipinski definition) is 4. The third-order valence-corrected chi connectivity index (χ3v) is 4.46. The lowest BCUT2D eigenvalue weighted by Crippen LogP contribution is -2.34. The number of nitrogens with one attached hydrogen (secondary N) is 1. The normalized spacial score (nSPS) is 15.9. The van der Waals surface area contributed by atoms with Gasteiger partial charge in [-0.15, -0.1) is 0 Å². The van der Waals surface area contributed by atoms with Gasteiger partial charge in [-0.05, 0) is 31.2 Å². The molecule has 21 heavy (non-hydrogen) atoms. The lowest BCUT2D eigenvalue weighted by molar-refractivity contribution is -0.143. The lowest BCUT2D eigenvalue weighted by atomic mass is 10.1. The number of thioether (sulfide) groups is 1. The van der Waals surface area contributed by atoms with Gasteiger partial charge < -0.3 is 10.4 Å². The molecular weight excluding hydrogens is 290 g/mol. The highest BCUT2D eigenvalue weighted by molar-refractivity contribution is 7.98. The second-order valence-electron chi connectivity index (χ2n) is 5.17. The SMILES string of the molecule is CSc1nc(C(=O)NCC2(C(=O)O)CC2)c2ccccn12. The molecule has 0 radical (unpaired) electrons. The van der Waals surface area contributed by atoms with E-state index >= 15 is 0 Å². The van der Waals surface area contributed by atoms with Crippen molar-refractivity contribution in [2.75, 3.05) is 12.8 Å². The van der Waals surface area contributed by atoms with Crippen LogP contribution in [0.3, 0.4) is 0 Å². The van der Waals surface area contributed by atoms with Crippen molar-refractivity contribution >= 4 is 29.2 Å². The summed E-state index contributed by atoms with van der Waals surface area (Å²) in [6, 6.07) is 5.54. The van der Waals surface area contributed by atoms with Gasteiger partial charge in [0.15, 0.2) is 10.9 Å². The summed E-state index contributed by atoms with van der Waals surface area (Å²) in [4.78, 5) is 27.8. The Morgan fingerprint density at radius 1 is 1.48 bits per heavy atom. The van der Waals surface area contributed by atoms with Gasteiger partial charge in [0.1, 0.15) is 0 Å². The highest BCUT2D eigenvalue weighted by Gasteiger charge is 2.50. The average molecular weight is 305 g/mol. The standard InChI is InChI=1S/C14H15N3O3S/c1-21-13-16-10(9-4-2-3-7-17(9)13)11(18)15-8-14(5-6-14)12(19)20/h2-4,7H,5-6,8H2,1H3,(H,15,18)(H,19,20). The number of aromatic nitrogens is 2. The molecule has 3 rings (SSSR count). The topological polar surface area (TPSA) is 83.7 Å². The summed E-state index contributed by atoms with van der Waals surface area (Å²) < 4.78 is 1.85. The van der Waals surface area contributed by atoms with E-state index in [2.05, 4.69) is 10.3 Å². The van der Waals surface area contributed by atoms with Crippen LogP contribution in [0.1, 0.15) is 23.3 Å². The van der Waals surface area contributed by atoms with Crippen LogP contribution in [-0.4, -0.2) is 39.2 Å². The molecule has 1 saturated carbocycles. The number of nitrogens with zero attached hydrogens (tertiary/aromatic N) is 2. The lowest BCUT2D eigenvalue weighted by Gasteiger charge is -2.10. The smallest absolute Gasteiger partial charge is 0.311 e. The second kappa shape index (κ2) is 5.07. The summed E-state index contributed by atoms with van der Waals surface area (Å²) >= 11 is 1.46. The van der Waals surface area contributed by atoms with Crippen LogP contribution >= 0.6 is 11.8 Å². The molecule has 0 aromatic carbocycles. The number of pyridine rings is 1. The van der Waals surface area contributed by atoms with Crippen LogP contribution in [0.4, 0.5) is 0 Å². The maximum Gasteiger partial charge on any atom is 0.311 e. The number of carboxylic acids is 1. The summed E-state index contributed by atoms with van der Waals surface area (Å²) in [5, 5.41) is 12.6. The number of amides is 1. The number of hydrogen-bond donors (Lipinski definition) is 2. The summed E-state index contributed by atoms with van der Waals surface area (Å²) in [5.41, 5.74) is 0.286. The van der Waals surface area contributed by atoms with Crippen LogP contribution < -0.4 is 5.32 Å². The van der Waals surface area contributed by atoms with E-state index in [1.807, 2.05) is 35.1 Å². The molecule has 1 aliphatic rings. The van der Waals surface area contributed by atoms with Crippen LogP contribution in [0.25, 0.3) is 5.52 Å². The number of carbonyl (C=O) groups is 2. The molecule has 0 bridgehead atoms. The Morgan fingerprint density at radius 2 is 2.24 bits per heavy atom. The van der Waals surface area contributed by atoms with Crippen molar-refractivity contribution in [2.24, 2.45) is 5.41 Å². The Morgan fingerprint density at radius 3 is 2.86 bits per heavy atom. The van der Waals surface area contributed by atoms with Gasteiger partial charge in [0.25, 0.3) is 5.91 Å². The van der Waals surface area contributed by atoms with E-state index in [0.29, 0.717) is 18.5 Å². The first-order valence-electron chi connectivity index (χ1n) is 6.60. The Kier molecular flexibility index (Phi) is 3.36. The van der Waals surface area contributed by atoms with E-state index in [0.717, 1.165) is 10.7 Å². The van der Waals surface area contributed by atoms with E-state index in [4.69, 9.17) is 5.11 Å². The predicted octanol–water partition coefficient (Wildman–Crippen LogP) is 1.65. The Bertz CT molecular complexity index is 721. The molecule has 2 aromatic heterocycles. The van der Waals surface area contributed by atoms with Crippen LogP contribution in [0.2, 0.25) is 0 Å². The molecule has 0 unspecified atom stereocenters. The minimum atomic E-state index is -0.845. The number of carbonyl (C=O) groups excluding carboxylic acids is 1. The molecule has 2 heterocycles. The van der Waals surface area contributed by atoms with Gasteiger partial charge in [-0.1, -0.05) is 17.8 Å². The summed E-state index contributed by atoms with van der Waals surface area (Å²) in [7, 11) is 0. The monoisotopic (exact) mass is 305 g/mol. The van der Waals surface area contributed by atoms with E-state index in [1.165, 1.54) is 11.8 Å². The van der Waals surface area contributed by atoms with Gasteiger partial charge in [-0.25, -0.2) is 4.98 Å². The molecule has 0 atom stereocenters. The van der Waals surface area contributed by atoms with Crippen molar-refractivity contribution in [2.45, 2.75) is 18.0 Å². The van der Waals surface area contributed by atoms with Crippen LogP contribution in [0.5, 0.6) is 0 Å². The molecule has 0 saturated heterocycles. The minimum Gasteiger partial charge on any atom is -0.481 e. The highest BCUT2D eigenvalue weighted by Crippen LogP contribution is 2.45. The summed E-state index contributed by atoms with van der Waals surface area (Å²) in [6.07, 6.45) is 4.98. The summed E-state index contributed by atoms with van der Waals surface area (Å²) in [5.74, 6) is -1.17. The predicted molar refractivity (Wildman–Crippen MR) is 78.6 cm³/mol. The van der Waals surface area contributed by atoms with Crippen LogP contribution in [-0.2, 0) is 4.79 Å². The average Bonchev–Trinajstić information content (AvgIpc) is 3.19. The molecule has 0 spiro atoms. The zero-order chi connectivity index (χ0) is 15.0. The molecule has 2 N–H and O–H groups in total. The Balaban J connectivity index is 1.83. The number of rotatable bonds is 5. The second-order valence-corrected chi connectivity index (χ2v) is 5.94. The van der Waals surface area contributed by atoms with Crippen molar-refractivity contribution < 1.29 is 14.7 Å². The van der Waals surface area contributed by atoms with Gasteiger partial charge in [0, 0.05) is 12.7 Å². The number of imidazole rings is 1. The Labute approximate surface area is 125 Å². The van der Waals surface area contributed by atoms with Gasteiger partial charge >= 0.3 is 5.97 Å². The van der Waals surface area contributed by atoms with Crippen LogP contribution in [0, 0.1) is 5.41 Å². The fourth-order valence-electron chi connectivity index (χ4n) is 2.27. The summed E-state index contributed by atoms with van der Waals surface area (Å²) in [6.45, 7) is 0.154. The third kappa shape index (κ3) is 2.37. The zero-order valence-corrected chi connectivity index (χ0v) is 12.3. The van der Waals surface area contributed by atoms with Crippen molar-refractivity contribution in [3.63, 3.8) is 0 Å². The molecule has 1 aliphatic carbocycles. The first kappa shape index (κ1) is 13.9. The van der Waals surface area contributed by atoms with E-state index < -0.39 is 11.4 Å². The number of carboxylic acid groups (broad SMARTS) is 1. The molecule has 1 fully saturated rings. The fourth-order valence-corrected chi connectivity index (χ4v) is 2.81. The van der Waals surface area contributed by atoms with E-state index in [1.54, 1.807) is 0 Å². The largest absolute Gasteiger partial charge is 0.481 e. The van der Waals surface area contributed by atoms with Crippen molar-refractivity contribution in [3.8, 4) is 0 Å². The zero-order valence-electron chi connectivity index (χ0n) is 11.5. The maximum atomic E-state index is 12.3. The Hall–Kier alpha value is -2.02. The number of fused-ring (bicyclic) bond motifs is 1. The van der Waals surface area contributed by atoms with Gasteiger partial charge in [0.05, 0.1) is 10.9 Å². The van der Waals surface area contributed by atoms with Crippen LogP contribution in [0.15, 0.2) is 29.6 Å². The van der Waals surface area contributed by atoms with Crippen molar-refractivity contribution in [1.82, 2.24) is 14.7 Å². The molecule has 110 valence electrons. The van der Waals surface area contributed by atoms with E-state index in [9.17, 15) is 9.59 Å². The number of aliphatic carboxylic acids is 1. The molecule has 1 amide bonds. The van der Waals surface area contributed by atoms with Gasteiger partial charge in [-0.2, -0.15) is 0 Å². The molecule has 7 heteroatoms. The first-order valence-corrected chi connectivity index (χ1v) is 7.82. The van der Waals surface area contributed by atoms with E-state index in [-0.39, 0.29) is 12.5 Å².